The number of likely N-dealkylation sites (tertiary alicyclic amines) is 1. The van der Waals surface area contributed by atoms with Crippen LogP contribution in [0.2, 0.25) is 0 Å². The molecule has 6 heteroatoms. The lowest BCUT2D eigenvalue weighted by Gasteiger charge is -2.38. The molecule has 0 bridgehead atoms. The molecule has 5 nitrogen and oxygen atoms in total. The maximum Gasteiger partial charge on any atom is 0.119 e. The number of aryl methyl sites for hydroxylation is 1. The van der Waals surface area contributed by atoms with E-state index >= 15 is 0 Å². The van der Waals surface area contributed by atoms with Crippen LogP contribution in [0.3, 0.4) is 0 Å². The number of fused-ring (bicyclic) bond motifs is 1. The number of benzene rings is 1. The first-order valence-corrected chi connectivity index (χ1v) is 12.3. The van der Waals surface area contributed by atoms with Crippen LogP contribution in [0.1, 0.15) is 36.9 Å². The molecule has 1 saturated heterocycles. The highest BCUT2D eigenvalue weighted by molar-refractivity contribution is 7.80. The van der Waals surface area contributed by atoms with Crippen molar-refractivity contribution in [1.82, 2.24) is 14.9 Å². The molecule has 1 aliphatic heterocycles. The van der Waals surface area contributed by atoms with Gasteiger partial charge >= 0.3 is 0 Å². The van der Waals surface area contributed by atoms with Crippen LogP contribution in [0.4, 0.5) is 0 Å². The van der Waals surface area contributed by atoms with Gasteiger partial charge in [-0.2, -0.15) is 0 Å². The number of pyridine rings is 2. The number of thiocarbonyl (C=S) groups is 1. The first kappa shape index (κ1) is 23.7. The molecule has 3 aromatic rings. The summed E-state index contributed by atoms with van der Waals surface area (Å²) >= 11 is 5.57. The third kappa shape index (κ3) is 6.14. The standard InChI is InChI=1S/C27H33N3O2S/c1-32-23-8-9-25-24(17-23)21(10-14-29-25)6-4-5-20-11-15-30(18-22(20)19-31)16-12-27(33)26-7-2-3-13-28-26/h2-3,7-10,13-14,17,20,22,31H,4-6,11-12,15-16,18-19H2,1H3/t20-,22-/m1/s1. The summed E-state index contributed by atoms with van der Waals surface area (Å²) in [7, 11) is 1.70. The fraction of sp³-hybridized carbons (Fsp3) is 0.444. The summed E-state index contributed by atoms with van der Waals surface area (Å²) in [5, 5.41) is 11.2. The number of rotatable bonds is 10. The molecule has 1 aromatic carbocycles. The number of piperidine rings is 1. The zero-order chi connectivity index (χ0) is 23.0. The van der Waals surface area contributed by atoms with E-state index in [1.54, 1.807) is 13.3 Å². The number of aliphatic hydroxyl groups excluding tert-OH is 1. The smallest absolute Gasteiger partial charge is 0.119 e. The lowest BCUT2D eigenvalue weighted by atomic mass is 9.82. The van der Waals surface area contributed by atoms with Crippen molar-refractivity contribution in [1.29, 1.82) is 0 Å². The number of aliphatic hydroxyl groups is 1. The van der Waals surface area contributed by atoms with Crippen LogP contribution in [0.15, 0.2) is 54.9 Å². The van der Waals surface area contributed by atoms with E-state index < -0.39 is 0 Å². The lowest BCUT2D eigenvalue weighted by Crippen LogP contribution is -2.42. The number of ether oxygens (including phenoxy) is 1. The van der Waals surface area contributed by atoms with E-state index in [1.165, 1.54) is 10.9 Å². The highest BCUT2D eigenvalue weighted by Crippen LogP contribution is 2.29. The summed E-state index contributed by atoms with van der Waals surface area (Å²) in [6.07, 6.45) is 8.93. The van der Waals surface area contributed by atoms with Crippen LogP contribution < -0.4 is 4.74 Å². The third-order valence-electron chi connectivity index (χ3n) is 6.88. The molecular weight excluding hydrogens is 430 g/mol. The fourth-order valence-electron chi connectivity index (χ4n) is 4.94. The largest absolute Gasteiger partial charge is 0.497 e. The van der Waals surface area contributed by atoms with Gasteiger partial charge in [0.05, 0.1) is 18.3 Å². The van der Waals surface area contributed by atoms with Crippen LogP contribution >= 0.6 is 12.2 Å². The van der Waals surface area contributed by atoms with Crippen LogP contribution in [0.5, 0.6) is 5.75 Å². The Bertz CT molecular complexity index is 1060. The van der Waals surface area contributed by atoms with E-state index in [2.05, 4.69) is 27.0 Å². The highest BCUT2D eigenvalue weighted by atomic mass is 32.1. The Hall–Kier alpha value is -2.41. The zero-order valence-corrected chi connectivity index (χ0v) is 20.1. The van der Waals surface area contributed by atoms with Crippen molar-refractivity contribution in [2.24, 2.45) is 11.8 Å². The minimum atomic E-state index is 0.251. The molecule has 4 rings (SSSR count). The Morgan fingerprint density at radius 3 is 2.85 bits per heavy atom. The Kier molecular flexibility index (Phi) is 8.37. The molecule has 1 N–H and O–H groups in total. The molecule has 0 radical (unpaired) electrons. The van der Waals surface area contributed by atoms with Gasteiger partial charge in [-0.1, -0.05) is 18.3 Å². The Balaban J connectivity index is 1.28. The van der Waals surface area contributed by atoms with Crippen molar-refractivity contribution in [2.75, 3.05) is 33.4 Å². The summed E-state index contributed by atoms with van der Waals surface area (Å²) in [4.78, 5) is 12.2. The SMILES string of the molecule is COc1ccc2nccc(CCC[C@@H]3CCN(CCC(=S)c4ccccn4)C[C@@H]3CO)c2c1. The van der Waals surface area contributed by atoms with Crippen LogP contribution in [0.25, 0.3) is 10.9 Å². The van der Waals surface area contributed by atoms with Gasteiger partial charge in [-0.05, 0) is 92.4 Å². The average Bonchev–Trinajstić information content (AvgIpc) is 2.88. The molecule has 2 atom stereocenters. The maximum absolute atomic E-state index is 10.1. The van der Waals surface area contributed by atoms with Gasteiger partial charge in [0.2, 0.25) is 0 Å². The Labute approximate surface area is 201 Å². The quantitative estimate of drug-likeness (QED) is 0.347. The third-order valence-corrected chi connectivity index (χ3v) is 7.29. The van der Waals surface area contributed by atoms with E-state index in [0.29, 0.717) is 11.8 Å². The predicted octanol–water partition coefficient (Wildman–Crippen LogP) is 4.70. The molecule has 0 unspecified atom stereocenters. The van der Waals surface area contributed by atoms with Crippen molar-refractivity contribution in [3.63, 3.8) is 0 Å². The van der Waals surface area contributed by atoms with Gasteiger partial charge in [0.25, 0.3) is 0 Å². The minimum absolute atomic E-state index is 0.251. The van der Waals surface area contributed by atoms with Crippen molar-refractivity contribution in [2.45, 2.75) is 32.1 Å². The Morgan fingerprint density at radius 1 is 1.15 bits per heavy atom. The number of hydrogen-bond acceptors (Lipinski definition) is 6. The molecule has 0 amide bonds. The van der Waals surface area contributed by atoms with Gasteiger partial charge in [0.1, 0.15) is 5.75 Å². The minimum Gasteiger partial charge on any atom is -0.497 e. The molecule has 0 aliphatic carbocycles. The summed E-state index contributed by atoms with van der Waals surface area (Å²) in [5.74, 6) is 1.76. The summed E-state index contributed by atoms with van der Waals surface area (Å²) in [6.45, 7) is 3.20. The monoisotopic (exact) mass is 463 g/mol. The highest BCUT2D eigenvalue weighted by Gasteiger charge is 2.28. The molecular formula is C27H33N3O2S. The molecule has 2 aromatic heterocycles. The molecule has 1 fully saturated rings. The average molecular weight is 464 g/mol. The number of methoxy groups -OCH3 is 1. The van der Waals surface area contributed by atoms with Gasteiger partial charge < -0.3 is 14.7 Å². The molecule has 0 spiro atoms. The number of hydrogen-bond donors (Lipinski definition) is 1. The van der Waals surface area contributed by atoms with Gasteiger partial charge in [0.15, 0.2) is 0 Å². The molecule has 33 heavy (non-hydrogen) atoms. The van der Waals surface area contributed by atoms with Gasteiger partial charge in [0, 0.05) is 42.3 Å². The fourth-order valence-corrected chi connectivity index (χ4v) is 5.16. The van der Waals surface area contributed by atoms with E-state index in [9.17, 15) is 5.11 Å². The second-order valence-electron chi connectivity index (χ2n) is 8.93. The molecule has 174 valence electrons. The summed E-state index contributed by atoms with van der Waals surface area (Å²) in [6, 6.07) is 14.1. The number of nitrogens with zero attached hydrogens (tertiary/aromatic N) is 3. The van der Waals surface area contributed by atoms with Crippen LogP contribution in [0, 0.1) is 11.8 Å². The van der Waals surface area contributed by atoms with Crippen LogP contribution in [-0.4, -0.2) is 58.2 Å². The van der Waals surface area contributed by atoms with Gasteiger partial charge in [-0.25, -0.2) is 0 Å². The zero-order valence-electron chi connectivity index (χ0n) is 19.3. The molecule has 3 heterocycles. The van der Waals surface area contributed by atoms with Crippen molar-refractivity contribution in [3.8, 4) is 5.75 Å². The topological polar surface area (TPSA) is 58.5 Å². The maximum atomic E-state index is 10.1. The van der Waals surface area contributed by atoms with E-state index in [-0.39, 0.29) is 6.61 Å². The predicted molar refractivity (Wildman–Crippen MR) is 137 cm³/mol. The van der Waals surface area contributed by atoms with Crippen molar-refractivity contribution in [3.05, 3.63) is 66.1 Å². The Morgan fingerprint density at radius 2 is 2.06 bits per heavy atom. The summed E-state index contributed by atoms with van der Waals surface area (Å²) in [5.41, 5.74) is 3.24. The van der Waals surface area contributed by atoms with Gasteiger partial charge in [-0.15, -0.1) is 0 Å². The first-order valence-electron chi connectivity index (χ1n) is 11.9. The van der Waals surface area contributed by atoms with E-state index in [4.69, 9.17) is 17.0 Å². The second kappa shape index (κ2) is 11.6. The van der Waals surface area contributed by atoms with E-state index in [1.807, 2.05) is 36.5 Å². The number of aromatic nitrogens is 2. The first-order chi connectivity index (χ1) is 16.2. The van der Waals surface area contributed by atoms with Crippen molar-refractivity contribution < 1.29 is 9.84 Å². The normalized spacial score (nSPS) is 19.0. The van der Waals surface area contributed by atoms with Gasteiger partial charge in [-0.3, -0.25) is 9.97 Å². The second-order valence-corrected chi connectivity index (χ2v) is 9.42. The summed E-state index contributed by atoms with van der Waals surface area (Å²) < 4.78 is 5.40. The molecule has 0 saturated carbocycles. The lowest BCUT2D eigenvalue weighted by molar-refractivity contribution is 0.0691. The molecule has 1 aliphatic rings. The van der Waals surface area contributed by atoms with Crippen molar-refractivity contribution >= 4 is 28.0 Å². The van der Waals surface area contributed by atoms with E-state index in [0.717, 1.165) is 73.6 Å². The van der Waals surface area contributed by atoms with Crippen LogP contribution in [-0.2, 0) is 6.42 Å².